The van der Waals surface area contributed by atoms with Crippen LogP contribution in [0.15, 0.2) is 72.8 Å². The molecule has 0 bridgehead atoms. The maximum Gasteiger partial charge on any atom is 0.418 e. The molecule has 9 heteroatoms. The van der Waals surface area contributed by atoms with Gasteiger partial charge in [0.1, 0.15) is 6.04 Å². The van der Waals surface area contributed by atoms with Crippen LogP contribution in [0.4, 0.5) is 18.9 Å². The smallest absolute Gasteiger partial charge is 0.366 e. The first-order chi connectivity index (χ1) is 18.6. The molecule has 0 spiro atoms. The number of halogens is 4. The molecule has 1 aliphatic carbocycles. The lowest BCUT2D eigenvalue weighted by atomic mass is 9.83. The number of amides is 2. The number of nitrogens with one attached hydrogen (secondary N) is 1. The number of para-hydroxylation sites is 1. The average molecular weight is 554 g/mol. The molecule has 3 aromatic carbocycles. The van der Waals surface area contributed by atoms with Gasteiger partial charge < -0.3 is 15.6 Å². The zero-order valence-corrected chi connectivity index (χ0v) is 21.7. The Morgan fingerprint density at radius 2 is 1.64 bits per heavy atom. The molecule has 1 fully saturated rings. The van der Waals surface area contributed by atoms with E-state index in [-0.39, 0.29) is 11.5 Å². The molecule has 0 saturated heterocycles. The van der Waals surface area contributed by atoms with Crippen molar-refractivity contribution in [3.05, 3.63) is 88.9 Å². The molecule has 5 rings (SSSR count). The van der Waals surface area contributed by atoms with Crippen molar-refractivity contribution in [1.29, 1.82) is 0 Å². The van der Waals surface area contributed by atoms with Crippen molar-refractivity contribution in [2.24, 2.45) is 11.7 Å². The monoisotopic (exact) mass is 553 g/mol. The molecule has 39 heavy (non-hydrogen) atoms. The number of fused-ring (bicyclic) bond motifs is 1. The second-order valence-electron chi connectivity index (χ2n) is 9.92. The number of hydrogen-bond donors (Lipinski definition) is 2. The van der Waals surface area contributed by atoms with E-state index in [4.69, 9.17) is 17.3 Å². The average Bonchev–Trinajstić information content (AvgIpc) is 3.28. The SMILES string of the molecule is NC(=O)c1ccc(NC(=O)[C@H](C2CCCCC2)n2c(-c3ccc(Cl)cc3)cc3ccccc32)c(C(F)(F)F)c1. The Morgan fingerprint density at radius 3 is 2.31 bits per heavy atom. The van der Waals surface area contributed by atoms with Crippen LogP contribution in [-0.4, -0.2) is 16.4 Å². The normalized spacial score (nSPS) is 15.3. The van der Waals surface area contributed by atoms with Gasteiger partial charge in [0.25, 0.3) is 0 Å². The topological polar surface area (TPSA) is 77.1 Å². The summed E-state index contributed by atoms with van der Waals surface area (Å²) in [4.78, 5) is 25.6. The summed E-state index contributed by atoms with van der Waals surface area (Å²) in [5.74, 6) is -1.61. The van der Waals surface area contributed by atoms with Crippen LogP contribution in [0, 0.1) is 5.92 Å². The third kappa shape index (κ3) is 5.52. The number of nitrogens with two attached hydrogens (primary N) is 1. The molecular weight excluding hydrogens is 527 g/mol. The Hall–Kier alpha value is -3.78. The van der Waals surface area contributed by atoms with Crippen LogP contribution in [-0.2, 0) is 11.0 Å². The summed E-state index contributed by atoms with van der Waals surface area (Å²) in [6.45, 7) is 0. The molecule has 3 N–H and O–H groups in total. The van der Waals surface area contributed by atoms with Crippen LogP contribution in [0.2, 0.25) is 5.02 Å². The number of carbonyl (C=O) groups is 2. The minimum absolute atomic E-state index is 0.0835. The lowest BCUT2D eigenvalue weighted by Crippen LogP contribution is -2.34. The molecule has 5 nitrogen and oxygen atoms in total. The second kappa shape index (κ2) is 10.8. The van der Waals surface area contributed by atoms with Crippen molar-refractivity contribution >= 4 is 40.0 Å². The third-order valence-corrected chi connectivity index (χ3v) is 7.65. The fraction of sp³-hybridized carbons (Fsp3) is 0.267. The molecule has 1 heterocycles. The number of nitrogens with zero attached hydrogens (tertiary/aromatic N) is 1. The number of anilines is 1. The summed E-state index contributed by atoms with van der Waals surface area (Å²) >= 11 is 6.13. The predicted molar refractivity (Wildman–Crippen MR) is 147 cm³/mol. The molecule has 0 radical (unpaired) electrons. The highest BCUT2D eigenvalue weighted by Crippen LogP contribution is 2.41. The summed E-state index contributed by atoms with van der Waals surface area (Å²) in [5, 5.41) is 4.05. The molecule has 202 valence electrons. The number of primary amides is 1. The number of alkyl halides is 3. The minimum Gasteiger partial charge on any atom is -0.366 e. The largest absolute Gasteiger partial charge is 0.418 e. The highest BCUT2D eigenvalue weighted by atomic mass is 35.5. The first-order valence-electron chi connectivity index (χ1n) is 12.8. The fourth-order valence-electron chi connectivity index (χ4n) is 5.56. The Labute approximate surface area is 228 Å². The van der Waals surface area contributed by atoms with Gasteiger partial charge in [-0.1, -0.05) is 61.2 Å². The Kier molecular flexibility index (Phi) is 7.40. The lowest BCUT2D eigenvalue weighted by Gasteiger charge is -2.32. The molecule has 2 amide bonds. The zero-order chi connectivity index (χ0) is 27.7. The maximum absolute atomic E-state index is 14.1. The predicted octanol–water partition coefficient (Wildman–Crippen LogP) is 7.84. The van der Waals surface area contributed by atoms with Crippen LogP contribution in [0.25, 0.3) is 22.2 Å². The molecular formula is C30H27ClF3N3O2. The van der Waals surface area contributed by atoms with E-state index in [1.54, 1.807) is 12.1 Å². The van der Waals surface area contributed by atoms with Crippen molar-refractivity contribution in [2.45, 2.75) is 44.3 Å². The fourth-order valence-corrected chi connectivity index (χ4v) is 5.68. The summed E-state index contributed by atoms with van der Waals surface area (Å²) in [5.41, 5.74) is 5.82. The first-order valence-corrected chi connectivity index (χ1v) is 13.2. The van der Waals surface area contributed by atoms with Gasteiger partial charge in [-0.25, -0.2) is 0 Å². The van der Waals surface area contributed by atoms with Crippen LogP contribution < -0.4 is 11.1 Å². The van der Waals surface area contributed by atoms with E-state index in [9.17, 15) is 22.8 Å². The minimum atomic E-state index is -4.80. The highest BCUT2D eigenvalue weighted by molar-refractivity contribution is 6.30. The molecule has 0 aliphatic heterocycles. The highest BCUT2D eigenvalue weighted by Gasteiger charge is 2.37. The Balaban J connectivity index is 1.65. The van der Waals surface area contributed by atoms with E-state index in [1.165, 1.54) is 6.07 Å². The van der Waals surface area contributed by atoms with E-state index < -0.39 is 35.3 Å². The molecule has 0 unspecified atom stereocenters. The first kappa shape index (κ1) is 26.8. The van der Waals surface area contributed by atoms with Crippen LogP contribution >= 0.6 is 11.6 Å². The van der Waals surface area contributed by atoms with Gasteiger partial charge in [-0.3, -0.25) is 9.59 Å². The van der Waals surface area contributed by atoms with Gasteiger partial charge in [0.15, 0.2) is 0 Å². The number of benzene rings is 3. The van der Waals surface area contributed by atoms with E-state index in [0.29, 0.717) is 11.1 Å². The summed E-state index contributed by atoms with van der Waals surface area (Å²) in [6, 6.07) is 19.1. The van der Waals surface area contributed by atoms with E-state index in [2.05, 4.69) is 5.32 Å². The van der Waals surface area contributed by atoms with E-state index in [0.717, 1.165) is 60.3 Å². The summed E-state index contributed by atoms with van der Waals surface area (Å²) in [6.07, 6.45) is -0.331. The van der Waals surface area contributed by atoms with Gasteiger partial charge in [0, 0.05) is 27.2 Å². The van der Waals surface area contributed by atoms with Gasteiger partial charge in [-0.05, 0) is 66.8 Å². The number of rotatable bonds is 6. The van der Waals surface area contributed by atoms with E-state index >= 15 is 0 Å². The van der Waals surface area contributed by atoms with Crippen molar-refractivity contribution in [3.63, 3.8) is 0 Å². The van der Waals surface area contributed by atoms with Gasteiger partial charge >= 0.3 is 6.18 Å². The zero-order valence-electron chi connectivity index (χ0n) is 21.0. The third-order valence-electron chi connectivity index (χ3n) is 7.40. The van der Waals surface area contributed by atoms with Gasteiger partial charge in [0.05, 0.1) is 11.3 Å². The Morgan fingerprint density at radius 1 is 0.949 bits per heavy atom. The standard InChI is InChI=1S/C30H27ClF3N3O2/c31-22-13-10-18(11-14-22)26-17-20-8-4-5-9-25(20)37(26)27(19-6-2-1-3-7-19)29(39)36-24-15-12-21(28(35)38)16-23(24)30(32,33)34/h4-5,8-17,19,27H,1-3,6-7H2,(H2,35,38)(H,36,39)/t27-/m0/s1. The number of aromatic nitrogens is 1. The van der Waals surface area contributed by atoms with Crippen LogP contribution in [0.3, 0.4) is 0 Å². The van der Waals surface area contributed by atoms with E-state index in [1.807, 2.05) is 47.0 Å². The van der Waals surface area contributed by atoms with Crippen LogP contribution in [0.1, 0.15) is 54.1 Å². The summed E-state index contributed by atoms with van der Waals surface area (Å²) in [7, 11) is 0. The molecule has 1 atom stereocenters. The van der Waals surface area contributed by atoms with Gasteiger partial charge in [0.2, 0.25) is 11.8 Å². The maximum atomic E-state index is 14.1. The summed E-state index contributed by atoms with van der Waals surface area (Å²) < 4.78 is 43.9. The second-order valence-corrected chi connectivity index (χ2v) is 10.4. The van der Waals surface area contributed by atoms with Crippen molar-refractivity contribution in [3.8, 4) is 11.3 Å². The van der Waals surface area contributed by atoms with Crippen molar-refractivity contribution in [1.82, 2.24) is 4.57 Å². The quantitative estimate of drug-likeness (QED) is 0.255. The van der Waals surface area contributed by atoms with Crippen molar-refractivity contribution < 1.29 is 22.8 Å². The number of hydrogen-bond acceptors (Lipinski definition) is 2. The molecule has 4 aromatic rings. The molecule has 1 saturated carbocycles. The van der Waals surface area contributed by atoms with Crippen molar-refractivity contribution in [2.75, 3.05) is 5.32 Å². The lowest BCUT2D eigenvalue weighted by molar-refractivity contribution is -0.137. The van der Waals surface area contributed by atoms with Gasteiger partial charge in [-0.15, -0.1) is 0 Å². The van der Waals surface area contributed by atoms with Gasteiger partial charge in [-0.2, -0.15) is 13.2 Å². The Bertz CT molecular complexity index is 1520. The number of carbonyl (C=O) groups excluding carboxylic acids is 2. The molecule has 1 aromatic heterocycles. The van der Waals surface area contributed by atoms with Crippen LogP contribution in [0.5, 0.6) is 0 Å². The molecule has 1 aliphatic rings.